The predicted molar refractivity (Wildman–Crippen MR) is 124 cm³/mol. The highest BCUT2D eigenvalue weighted by Gasteiger charge is 2.17. The third-order valence-corrected chi connectivity index (χ3v) is 5.98. The summed E-state index contributed by atoms with van der Waals surface area (Å²) >= 11 is 7.44. The van der Waals surface area contributed by atoms with Gasteiger partial charge in [0.2, 0.25) is 0 Å². The summed E-state index contributed by atoms with van der Waals surface area (Å²) in [6, 6.07) is 21.3. The molecule has 0 aliphatic rings. The highest BCUT2D eigenvalue weighted by atomic mass is 35.5. The fourth-order valence-electron chi connectivity index (χ4n) is 3.08. The van der Waals surface area contributed by atoms with Gasteiger partial charge in [0.05, 0.1) is 10.6 Å². The van der Waals surface area contributed by atoms with Gasteiger partial charge in [0, 0.05) is 33.3 Å². The summed E-state index contributed by atoms with van der Waals surface area (Å²) in [4.78, 5) is 28.8. The van der Waals surface area contributed by atoms with Crippen LogP contribution in [0.15, 0.2) is 72.8 Å². The molecule has 0 bridgehead atoms. The van der Waals surface area contributed by atoms with E-state index in [1.54, 1.807) is 23.5 Å². The highest BCUT2D eigenvalue weighted by molar-refractivity contribution is 7.15. The van der Waals surface area contributed by atoms with E-state index in [1.807, 2.05) is 49.4 Å². The summed E-state index contributed by atoms with van der Waals surface area (Å²) < 4.78 is 0. The van der Waals surface area contributed by atoms with Gasteiger partial charge in [-0.1, -0.05) is 54.1 Å². The number of aryl methyl sites for hydroxylation is 1. The molecule has 0 radical (unpaired) electrons. The Morgan fingerprint density at radius 1 is 1.03 bits per heavy atom. The first-order chi connectivity index (χ1) is 14.9. The minimum atomic E-state index is -0.617. The van der Waals surface area contributed by atoms with Crippen LogP contribution >= 0.6 is 22.9 Å². The normalized spacial score (nSPS) is 10.6. The van der Waals surface area contributed by atoms with Gasteiger partial charge in [-0.3, -0.25) is 14.9 Å². The van der Waals surface area contributed by atoms with Crippen molar-refractivity contribution in [1.82, 2.24) is 4.98 Å². The van der Waals surface area contributed by atoms with Crippen LogP contribution in [0.1, 0.15) is 15.2 Å². The summed E-state index contributed by atoms with van der Waals surface area (Å²) in [6.07, 6.45) is 0. The van der Waals surface area contributed by atoms with Crippen molar-refractivity contribution in [3.05, 3.63) is 98.4 Å². The van der Waals surface area contributed by atoms with Crippen LogP contribution < -0.4 is 5.32 Å². The maximum Gasteiger partial charge on any atom is 0.288 e. The molecule has 0 atom stereocenters. The number of anilines is 1. The molecular weight excluding hydrogens is 434 g/mol. The smallest absolute Gasteiger partial charge is 0.288 e. The minimum absolute atomic E-state index is 0.0144. The predicted octanol–water partition coefficient (Wildman–Crippen LogP) is 6.60. The van der Waals surface area contributed by atoms with E-state index < -0.39 is 10.8 Å². The number of carbonyl (C=O) groups excluding carboxylic acids is 1. The maximum atomic E-state index is 12.5. The molecular formula is C23H16ClN3O3S. The standard InChI is InChI=1S/C23H16ClN3O3S/c1-14-21(26-23(31-14)16-5-3-2-4-6-16)15-7-10-18(11-8-15)25-22(28)17-9-12-19(24)20(13-17)27(29)30/h2-13H,1H3,(H,25,28). The van der Waals surface area contributed by atoms with E-state index in [9.17, 15) is 14.9 Å². The summed E-state index contributed by atoms with van der Waals surface area (Å²) in [5, 5.41) is 14.7. The van der Waals surface area contributed by atoms with E-state index in [1.165, 1.54) is 12.1 Å². The molecule has 6 nitrogen and oxygen atoms in total. The Kier molecular flexibility index (Phi) is 5.79. The Balaban J connectivity index is 1.53. The summed E-state index contributed by atoms with van der Waals surface area (Å²) in [5.41, 5.74) is 3.33. The lowest BCUT2D eigenvalue weighted by Gasteiger charge is -2.07. The van der Waals surface area contributed by atoms with Gasteiger partial charge in [-0.2, -0.15) is 0 Å². The average Bonchev–Trinajstić information content (AvgIpc) is 3.16. The van der Waals surface area contributed by atoms with Gasteiger partial charge in [0.1, 0.15) is 10.0 Å². The molecule has 0 aliphatic carbocycles. The number of nitrogens with zero attached hydrogens (tertiary/aromatic N) is 2. The Bertz CT molecular complexity index is 1270. The third-order valence-electron chi connectivity index (χ3n) is 4.64. The number of thiazole rings is 1. The molecule has 0 saturated heterocycles. The molecule has 4 rings (SSSR count). The van der Waals surface area contributed by atoms with Gasteiger partial charge in [0.15, 0.2) is 0 Å². The van der Waals surface area contributed by atoms with E-state index in [0.717, 1.165) is 32.8 Å². The molecule has 0 fully saturated rings. The lowest BCUT2D eigenvalue weighted by atomic mass is 10.1. The first kappa shape index (κ1) is 20.7. The zero-order valence-electron chi connectivity index (χ0n) is 16.3. The number of benzene rings is 3. The molecule has 3 aromatic carbocycles. The van der Waals surface area contributed by atoms with Gasteiger partial charge in [-0.15, -0.1) is 11.3 Å². The number of aromatic nitrogens is 1. The molecule has 1 heterocycles. The van der Waals surface area contributed by atoms with Crippen molar-refractivity contribution < 1.29 is 9.72 Å². The van der Waals surface area contributed by atoms with E-state index >= 15 is 0 Å². The summed E-state index contributed by atoms with van der Waals surface area (Å²) in [6.45, 7) is 2.03. The Morgan fingerprint density at radius 3 is 2.42 bits per heavy atom. The molecule has 154 valence electrons. The van der Waals surface area contributed by atoms with Crippen LogP contribution in [0.3, 0.4) is 0 Å². The second-order valence-corrected chi connectivity index (χ2v) is 8.36. The lowest BCUT2D eigenvalue weighted by molar-refractivity contribution is -0.384. The van der Waals surface area contributed by atoms with Crippen molar-refractivity contribution in [2.75, 3.05) is 5.32 Å². The van der Waals surface area contributed by atoms with Crippen LogP contribution in [0.25, 0.3) is 21.8 Å². The number of amides is 1. The van der Waals surface area contributed by atoms with E-state index in [-0.39, 0.29) is 16.3 Å². The molecule has 1 N–H and O–H groups in total. The van der Waals surface area contributed by atoms with E-state index in [2.05, 4.69) is 5.32 Å². The zero-order valence-corrected chi connectivity index (χ0v) is 17.9. The van der Waals surface area contributed by atoms with Gasteiger partial charge in [0.25, 0.3) is 11.6 Å². The molecule has 0 aliphatic heterocycles. The van der Waals surface area contributed by atoms with Gasteiger partial charge in [-0.05, 0) is 31.2 Å². The van der Waals surface area contributed by atoms with Crippen LogP contribution in [-0.2, 0) is 0 Å². The topological polar surface area (TPSA) is 85.1 Å². The van der Waals surface area contributed by atoms with Crippen molar-refractivity contribution in [2.24, 2.45) is 0 Å². The van der Waals surface area contributed by atoms with Crippen molar-refractivity contribution in [3.8, 4) is 21.8 Å². The van der Waals surface area contributed by atoms with E-state index in [4.69, 9.17) is 16.6 Å². The fraction of sp³-hybridized carbons (Fsp3) is 0.0435. The molecule has 0 unspecified atom stereocenters. The third kappa shape index (κ3) is 4.47. The number of nitro groups is 1. The van der Waals surface area contributed by atoms with Crippen LogP contribution in [-0.4, -0.2) is 15.8 Å². The van der Waals surface area contributed by atoms with Crippen molar-refractivity contribution >= 4 is 40.2 Å². The first-order valence-electron chi connectivity index (χ1n) is 9.31. The van der Waals surface area contributed by atoms with Gasteiger partial charge >= 0.3 is 0 Å². The SMILES string of the molecule is Cc1sc(-c2ccccc2)nc1-c1ccc(NC(=O)c2ccc(Cl)c([N+](=O)[O-])c2)cc1. The Hall–Kier alpha value is -3.55. The van der Waals surface area contributed by atoms with Crippen LogP contribution in [0.4, 0.5) is 11.4 Å². The number of hydrogen-bond acceptors (Lipinski definition) is 5. The number of nitro benzene ring substituents is 1. The first-order valence-corrected chi connectivity index (χ1v) is 10.5. The zero-order chi connectivity index (χ0) is 22.0. The Morgan fingerprint density at radius 2 is 1.74 bits per heavy atom. The summed E-state index contributed by atoms with van der Waals surface area (Å²) in [7, 11) is 0. The highest BCUT2D eigenvalue weighted by Crippen LogP contribution is 2.33. The molecule has 1 amide bonds. The van der Waals surface area contributed by atoms with Gasteiger partial charge in [-0.25, -0.2) is 4.98 Å². The number of nitrogens with one attached hydrogen (secondary N) is 1. The minimum Gasteiger partial charge on any atom is -0.322 e. The quantitative estimate of drug-likeness (QED) is 0.274. The molecule has 31 heavy (non-hydrogen) atoms. The number of rotatable bonds is 5. The van der Waals surface area contributed by atoms with Crippen LogP contribution in [0.2, 0.25) is 5.02 Å². The second-order valence-electron chi connectivity index (χ2n) is 6.74. The molecule has 0 saturated carbocycles. The number of halogens is 1. The summed E-state index contributed by atoms with van der Waals surface area (Å²) in [5.74, 6) is -0.455. The second kappa shape index (κ2) is 8.67. The van der Waals surface area contributed by atoms with Crippen LogP contribution in [0.5, 0.6) is 0 Å². The molecule has 0 spiro atoms. The van der Waals surface area contributed by atoms with Gasteiger partial charge < -0.3 is 5.32 Å². The monoisotopic (exact) mass is 449 g/mol. The number of hydrogen-bond donors (Lipinski definition) is 1. The maximum absolute atomic E-state index is 12.5. The Labute approximate surface area is 187 Å². The molecule has 1 aromatic heterocycles. The van der Waals surface area contributed by atoms with Crippen molar-refractivity contribution in [1.29, 1.82) is 0 Å². The van der Waals surface area contributed by atoms with E-state index in [0.29, 0.717) is 5.69 Å². The molecule has 4 aromatic rings. The number of carbonyl (C=O) groups is 1. The fourth-order valence-corrected chi connectivity index (χ4v) is 4.20. The molecule has 8 heteroatoms. The lowest BCUT2D eigenvalue weighted by Crippen LogP contribution is -2.12. The van der Waals surface area contributed by atoms with Crippen molar-refractivity contribution in [3.63, 3.8) is 0 Å². The van der Waals surface area contributed by atoms with Crippen LogP contribution in [0, 0.1) is 17.0 Å². The van der Waals surface area contributed by atoms with Crippen molar-refractivity contribution in [2.45, 2.75) is 6.92 Å². The average molecular weight is 450 g/mol. The largest absolute Gasteiger partial charge is 0.322 e.